The molecule has 1 atom stereocenters. The summed E-state index contributed by atoms with van der Waals surface area (Å²) in [6.45, 7) is 2.16. The van der Waals surface area contributed by atoms with Gasteiger partial charge in [0.1, 0.15) is 5.82 Å². The van der Waals surface area contributed by atoms with Crippen LogP contribution in [0.1, 0.15) is 12.5 Å². The van der Waals surface area contributed by atoms with Crippen molar-refractivity contribution in [2.75, 3.05) is 25.9 Å². The highest BCUT2D eigenvalue weighted by atomic mass is 32.2. The van der Waals surface area contributed by atoms with Crippen molar-refractivity contribution in [1.29, 1.82) is 0 Å². The highest BCUT2D eigenvalue weighted by Crippen LogP contribution is 2.14. The molecule has 0 aliphatic rings. The number of benzene rings is 1. The Bertz CT molecular complexity index is 513. The number of amides is 2. The van der Waals surface area contributed by atoms with Gasteiger partial charge >= 0.3 is 12.0 Å². The number of thioether (sulfide) groups is 1. The summed E-state index contributed by atoms with van der Waals surface area (Å²) in [5.74, 6) is -0.552. The molecule has 122 valence electrons. The summed E-state index contributed by atoms with van der Waals surface area (Å²) in [5, 5.41) is 11.5. The molecule has 0 bridgehead atoms. The van der Waals surface area contributed by atoms with Crippen molar-refractivity contribution in [3.8, 4) is 0 Å². The molecule has 1 unspecified atom stereocenters. The van der Waals surface area contributed by atoms with Crippen molar-refractivity contribution in [2.45, 2.75) is 12.7 Å². The smallest absolute Gasteiger partial charge is 0.317 e. The number of carbonyl (C=O) groups excluding carboxylic acids is 1. The van der Waals surface area contributed by atoms with E-state index in [-0.39, 0.29) is 18.4 Å². The summed E-state index contributed by atoms with van der Waals surface area (Å²) in [7, 11) is 1.56. The lowest BCUT2D eigenvalue weighted by atomic mass is 10.2. The zero-order valence-corrected chi connectivity index (χ0v) is 13.5. The number of carbonyl (C=O) groups is 2. The highest BCUT2D eigenvalue weighted by molar-refractivity contribution is 7.98. The molecular weight excluding hydrogens is 307 g/mol. The van der Waals surface area contributed by atoms with E-state index in [1.807, 2.05) is 0 Å². The van der Waals surface area contributed by atoms with Crippen molar-refractivity contribution in [3.05, 3.63) is 35.6 Å². The minimum atomic E-state index is -0.930. The lowest BCUT2D eigenvalue weighted by molar-refractivity contribution is -0.141. The van der Waals surface area contributed by atoms with Gasteiger partial charge in [0.15, 0.2) is 0 Å². The second kappa shape index (κ2) is 9.30. The molecule has 5 nitrogen and oxygen atoms in total. The molecular formula is C15H21FN2O3S. The molecule has 0 saturated heterocycles. The summed E-state index contributed by atoms with van der Waals surface area (Å²) in [6, 6.07) is 6.30. The van der Waals surface area contributed by atoms with E-state index in [0.717, 1.165) is 0 Å². The van der Waals surface area contributed by atoms with Crippen LogP contribution >= 0.6 is 11.8 Å². The van der Waals surface area contributed by atoms with Crippen molar-refractivity contribution in [2.24, 2.45) is 5.92 Å². The molecule has 0 aliphatic heterocycles. The maximum Gasteiger partial charge on any atom is 0.317 e. The van der Waals surface area contributed by atoms with E-state index in [2.05, 4.69) is 5.32 Å². The van der Waals surface area contributed by atoms with Crippen LogP contribution in [0.4, 0.5) is 9.18 Å². The number of hydrogen-bond acceptors (Lipinski definition) is 3. The van der Waals surface area contributed by atoms with Gasteiger partial charge in [0, 0.05) is 31.6 Å². The Morgan fingerprint density at radius 3 is 2.73 bits per heavy atom. The Kier molecular flexibility index (Phi) is 7.73. The van der Waals surface area contributed by atoms with Crippen LogP contribution in [0.25, 0.3) is 0 Å². The summed E-state index contributed by atoms with van der Waals surface area (Å²) < 4.78 is 13.4. The van der Waals surface area contributed by atoms with Crippen LogP contribution in [-0.4, -0.2) is 47.9 Å². The van der Waals surface area contributed by atoms with Crippen LogP contribution in [0.5, 0.6) is 0 Å². The molecule has 7 heteroatoms. The molecule has 1 aromatic carbocycles. The number of urea groups is 1. The molecule has 0 fully saturated rings. The minimum Gasteiger partial charge on any atom is -0.481 e. The Balaban J connectivity index is 2.20. The maximum atomic E-state index is 13.4. The van der Waals surface area contributed by atoms with Crippen molar-refractivity contribution < 1.29 is 19.1 Å². The number of halogens is 1. The summed E-state index contributed by atoms with van der Waals surface area (Å²) in [6.07, 6.45) is 0. The number of rotatable bonds is 8. The van der Waals surface area contributed by atoms with Gasteiger partial charge in [-0.1, -0.05) is 25.1 Å². The minimum absolute atomic E-state index is 0.156. The van der Waals surface area contributed by atoms with E-state index < -0.39 is 11.9 Å². The third-order valence-electron chi connectivity index (χ3n) is 3.05. The molecule has 0 aliphatic carbocycles. The van der Waals surface area contributed by atoms with Gasteiger partial charge in [-0.3, -0.25) is 4.79 Å². The molecule has 0 heterocycles. The van der Waals surface area contributed by atoms with Crippen LogP contribution in [0, 0.1) is 11.7 Å². The van der Waals surface area contributed by atoms with E-state index in [1.165, 1.54) is 22.7 Å². The Hall–Kier alpha value is -1.76. The number of hydrogen-bond donors (Lipinski definition) is 2. The second-order valence-corrected chi connectivity index (χ2v) is 6.10. The van der Waals surface area contributed by atoms with Gasteiger partial charge in [0.05, 0.1) is 5.92 Å². The first-order valence-corrected chi connectivity index (χ1v) is 8.10. The van der Waals surface area contributed by atoms with Crippen LogP contribution in [0.3, 0.4) is 0 Å². The molecule has 0 saturated carbocycles. The number of carboxylic acids is 1. The first kappa shape index (κ1) is 18.3. The molecule has 1 rings (SSSR count). The van der Waals surface area contributed by atoms with E-state index >= 15 is 0 Å². The van der Waals surface area contributed by atoms with Gasteiger partial charge in [-0.2, -0.15) is 11.8 Å². The first-order valence-electron chi connectivity index (χ1n) is 6.94. The van der Waals surface area contributed by atoms with Gasteiger partial charge < -0.3 is 15.3 Å². The lowest BCUT2D eigenvalue weighted by Gasteiger charge is -2.19. The van der Waals surface area contributed by atoms with Crippen LogP contribution in [0.2, 0.25) is 0 Å². The van der Waals surface area contributed by atoms with Crippen LogP contribution in [-0.2, 0) is 10.5 Å². The molecule has 1 aromatic rings. The fraction of sp³-hybridized carbons (Fsp3) is 0.467. The fourth-order valence-corrected chi connectivity index (χ4v) is 2.58. The zero-order valence-electron chi connectivity index (χ0n) is 12.7. The van der Waals surface area contributed by atoms with Crippen molar-refractivity contribution >= 4 is 23.8 Å². The topological polar surface area (TPSA) is 69.6 Å². The van der Waals surface area contributed by atoms with Gasteiger partial charge in [0.2, 0.25) is 0 Å². The monoisotopic (exact) mass is 328 g/mol. The SMILES string of the molecule is CC(CN(C)C(=O)NCCSCc1ccccc1F)C(=O)O. The number of nitrogens with zero attached hydrogens (tertiary/aromatic N) is 1. The molecule has 0 radical (unpaired) electrons. The number of aliphatic carboxylic acids is 1. The standard InChI is InChI=1S/C15H21FN2O3S/c1-11(14(19)20)9-18(2)15(21)17-7-8-22-10-12-5-3-4-6-13(12)16/h3-6,11H,7-10H2,1-2H3,(H,17,21)(H,19,20). The highest BCUT2D eigenvalue weighted by Gasteiger charge is 2.16. The normalized spacial score (nSPS) is 11.8. The van der Waals surface area contributed by atoms with Crippen LogP contribution in [0.15, 0.2) is 24.3 Å². The predicted octanol–water partition coefficient (Wildman–Crippen LogP) is 2.42. The summed E-state index contributed by atoms with van der Waals surface area (Å²) >= 11 is 1.53. The second-order valence-electron chi connectivity index (χ2n) is 5.00. The van der Waals surface area contributed by atoms with E-state index in [1.54, 1.807) is 32.2 Å². The third kappa shape index (κ3) is 6.34. The Labute approximate surface area is 133 Å². The fourth-order valence-electron chi connectivity index (χ4n) is 1.73. The van der Waals surface area contributed by atoms with E-state index in [4.69, 9.17) is 5.11 Å². The average molecular weight is 328 g/mol. The predicted molar refractivity (Wildman–Crippen MR) is 85.4 cm³/mol. The lowest BCUT2D eigenvalue weighted by Crippen LogP contribution is -2.41. The van der Waals surface area contributed by atoms with Crippen molar-refractivity contribution in [1.82, 2.24) is 10.2 Å². The van der Waals surface area contributed by atoms with E-state index in [0.29, 0.717) is 23.6 Å². The van der Waals surface area contributed by atoms with Gasteiger partial charge in [0.25, 0.3) is 0 Å². The summed E-state index contributed by atoms with van der Waals surface area (Å²) in [5.41, 5.74) is 0.645. The van der Waals surface area contributed by atoms with Crippen LogP contribution < -0.4 is 5.32 Å². The quantitative estimate of drug-likeness (QED) is 0.719. The first-order chi connectivity index (χ1) is 10.4. The molecule has 22 heavy (non-hydrogen) atoms. The molecule has 0 spiro atoms. The maximum absolute atomic E-state index is 13.4. The zero-order chi connectivity index (χ0) is 16.5. The van der Waals surface area contributed by atoms with Gasteiger partial charge in [-0.05, 0) is 11.6 Å². The number of nitrogens with one attached hydrogen (secondary N) is 1. The third-order valence-corrected chi connectivity index (χ3v) is 4.06. The average Bonchev–Trinajstić information content (AvgIpc) is 2.48. The largest absolute Gasteiger partial charge is 0.481 e. The molecule has 2 amide bonds. The Morgan fingerprint density at radius 1 is 1.41 bits per heavy atom. The summed E-state index contributed by atoms with van der Waals surface area (Å²) in [4.78, 5) is 23.8. The van der Waals surface area contributed by atoms with Gasteiger partial charge in [-0.25, -0.2) is 9.18 Å². The van der Waals surface area contributed by atoms with E-state index in [9.17, 15) is 14.0 Å². The molecule has 2 N–H and O–H groups in total. The van der Waals surface area contributed by atoms with Crippen molar-refractivity contribution in [3.63, 3.8) is 0 Å². The van der Waals surface area contributed by atoms with Gasteiger partial charge in [-0.15, -0.1) is 0 Å². The number of carboxylic acid groups (broad SMARTS) is 1. The molecule has 0 aromatic heterocycles. The Morgan fingerprint density at radius 2 is 2.09 bits per heavy atom.